The van der Waals surface area contributed by atoms with Crippen LogP contribution in [0.5, 0.6) is 0 Å². The molecule has 2 rings (SSSR count). The van der Waals surface area contributed by atoms with Gasteiger partial charge < -0.3 is 10.2 Å². The lowest BCUT2D eigenvalue weighted by Crippen LogP contribution is -2.57. The molecule has 1 aromatic heterocycles. The van der Waals surface area contributed by atoms with Crippen LogP contribution in [0.25, 0.3) is 0 Å². The van der Waals surface area contributed by atoms with Crippen LogP contribution >= 0.6 is 0 Å². The van der Waals surface area contributed by atoms with E-state index in [4.69, 9.17) is 0 Å². The van der Waals surface area contributed by atoms with Gasteiger partial charge in [0.25, 0.3) is 0 Å². The first-order valence-electron chi connectivity index (χ1n) is 6.10. The Morgan fingerprint density at radius 3 is 3.00 bits per heavy atom. The zero-order chi connectivity index (χ0) is 12.3. The van der Waals surface area contributed by atoms with Crippen molar-refractivity contribution < 1.29 is 4.79 Å². The lowest BCUT2D eigenvalue weighted by Gasteiger charge is -2.36. The van der Waals surface area contributed by atoms with Gasteiger partial charge in [-0.1, -0.05) is 0 Å². The van der Waals surface area contributed by atoms with E-state index in [1.54, 1.807) is 11.1 Å². The average molecular weight is 236 g/mol. The van der Waals surface area contributed by atoms with Crippen LogP contribution in [0.2, 0.25) is 0 Å². The van der Waals surface area contributed by atoms with E-state index in [0.29, 0.717) is 6.54 Å². The van der Waals surface area contributed by atoms with Gasteiger partial charge >= 0.3 is 0 Å². The number of nitrogens with one attached hydrogen (secondary N) is 2. The molecule has 0 radical (unpaired) electrons. The molecule has 1 fully saturated rings. The van der Waals surface area contributed by atoms with E-state index < -0.39 is 5.54 Å². The van der Waals surface area contributed by atoms with E-state index in [1.165, 1.54) is 0 Å². The van der Waals surface area contributed by atoms with E-state index >= 15 is 0 Å². The molecule has 0 saturated carbocycles. The minimum absolute atomic E-state index is 0.165. The maximum atomic E-state index is 12.4. The number of rotatable bonds is 3. The van der Waals surface area contributed by atoms with Crippen LogP contribution in [-0.2, 0) is 11.3 Å². The molecule has 1 aromatic rings. The fourth-order valence-electron chi connectivity index (χ4n) is 2.37. The smallest absolute Gasteiger partial charge is 0.242 e. The molecule has 0 spiro atoms. The van der Waals surface area contributed by atoms with Gasteiger partial charge in [0.1, 0.15) is 0 Å². The van der Waals surface area contributed by atoms with E-state index in [1.807, 2.05) is 20.2 Å². The maximum Gasteiger partial charge on any atom is 0.242 e. The second-order valence-corrected chi connectivity index (χ2v) is 4.98. The molecule has 1 aliphatic rings. The first-order valence-corrected chi connectivity index (χ1v) is 6.10. The summed E-state index contributed by atoms with van der Waals surface area (Å²) in [5, 5.41) is 9.99. The van der Waals surface area contributed by atoms with E-state index in [9.17, 15) is 4.79 Å². The van der Waals surface area contributed by atoms with Gasteiger partial charge in [-0.15, -0.1) is 0 Å². The third-order valence-electron chi connectivity index (χ3n) is 3.41. The van der Waals surface area contributed by atoms with Gasteiger partial charge in [-0.25, -0.2) is 0 Å². The summed E-state index contributed by atoms with van der Waals surface area (Å²) in [6.45, 7) is 3.54. The highest BCUT2D eigenvalue weighted by atomic mass is 16.2. The molecule has 0 bridgehead atoms. The van der Waals surface area contributed by atoms with Gasteiger partial charge in [-0.05, 0) is 32.7 Å². The molecule has 1 unspecified atom stereocenters. The number of hydrogen-bond donors (Lipinski definition) is 2. The van der Waals surface area contributed by atoms with Crippen LogP contribution in [0.4, 0.5) is 0 Å². The SMILES string of the molecule is CN(Cc1cn[nH]c1)C(=O)C1(C)CCCCN1. The summed E-state index contributed by atoms with van der Waals surface area (Å²) in [6.07, 6.45) is 6.77. The second-order valence-electron chi connectivity index (χ2n) is 4.98. The van der Waals surface area contributed by atoms with E-state index in [2.05, 4.69) is 15.5 Å². The van der Waals surface area contributed by atoms with Crippen molar-refractivity contribution in [1.82, 2.24) is 20.4 Å². The Bertz CT molecular complexity index is 368. The molecule has 1 amide bonds. The summed E-state index contributed by atoms with van der Waals surface area (Å²) < 4.78 is 0. The fraction of sp³-hybridized carbons (Fsp3) is 0.667. The monoisotopic (exact) mass is 236 g/mol. The number of H-pyrrole nitrogens is 1. The van der Waals surface area contributed by atoms with Crippen LogP contribution in [0.1, 0.15) is 31.7 Å². The molecule has 2 N–H and O–H groups in total. The molecule has 17 heavy (non-hydrogen) atoms. The minimum Gasteiger partial charge on any atom is -0.340 e. The minimum atomic E-state index is -0.392. The largest absolute Gasteiger partial charge is 0.340 e. The lowest BCUT2D eigenvalue weighted by molar-refractivity contribution is -0.137. The Balaban J connectivity index is 1.98. The topological polar surface area (TPSA) is 61.0 Å². The molecular formula is C12H20N4O. The number of likely N-dealkylation sites (N-methyl/N-ethyl adjacent to an activating group) is 1. The normalized spacial score (nSPS) is 24.6. The van der Waals surface area contributed by atoms with Crippen molar-refractivity contribution in [3.05, 3.63) is 18.0 Å². The highest BCUT2D eigenvalue weighted by molar-refractivity contribution is 5.85. The van der Waals surface area contributed by atoms with E-state index in [0.717, 1.165) is 31.4 Å². The van der Waals surface area contributed by atoms with Gasteiger partial charge in [0.2, 0.25) is 5.91 Å². The second kappa shape index (κ2) is 4.87. The summed E-state index contributed by atoms with van der Waals surface area (Å²) in [7, 11) is 1.84. The Hall–Kier alpha value is -1.36. The summed E-state index contributed by atoms with van der Waals surface area (Å²) in [6, 6.07) is 0. The molecule has 2 heterocycles. The summed E-state index contributed by atoms with van der Waals surface area (Å²) in [5.41, 5.74) is 0.636. The van der Waals surface area contributed by atoms with Gasteiger partial charge in [-0.3, -0.25) is 9.89 Å². The molecule has 1 atom stereocenters. The average Bonchev–Trinajstić information content (AvgIpc) is 2.81. The van der Waals surface area contributed by atoms with Crippen molar-refractivity contribution in [2.75, 3.05) is 13.6 Å². The van der Waals surface area contributed by atoms with Crippen molar-refractivity contribution in [2.45, 2.75) is 38.3 Å². The third-order valence-corrected chi connectivity index (χ3v) is 3.41. The van der Waals surface area contributed by atoms with Crippen molar-refractivity contribution >= 4 is 5.91 Å². The number of aromatic nitrogens is 2. The van der Waals surface area contributed by atoms with Crippen LogP contribution in [0, 0.1) is 0 Å². The van der Waals surface area contributed by atoms with Crippen LogP contribution in [0.15, 0.2) is 12.4 Å². The van der Waals surface area contributed by atoms with Crippen molar-refractivity contribution in [2.24, 2.45) is 0 Å². The predicted molar refractivity (Wildman–Crippen MR) is 65.3 cm³/mol. The first-order chi connectivity index (χ1) is 8.12. The molecule has 0 aromatic carbocycles. The molecule has 5 heteroatoms. The number of piperidine rings is 1. The maximum absolute atomic E-state index is 12.4. The first kappa shape index (κ1) is 12.1. The number of carbonyl (C=O) groups excluding carboxylic acids is 1. The van der Waals surface area contributed by atoms with Crippen molar-refractivity contribution in [3.8, 4) is 0 Å². The molecule has 1 saturated heterocycles. The Labute approximate surface area is 102 Å². The standard InChI is InChI=1S/C12H20N4O/c1-12(5-3-4-6-13-12)11(17)16(2)9-10-7-14-15-8-10/h7-8,13H,3-6,9H2,1-2H3,(H,14,15). The predicted octanol–water partition coefficient (Wildman–Crippen LogP) is 0.900. The number of nitrogens with zero attached hydrogens (tertiary/aromatic N) is 2. The zero-order valence-corrected chi connectivity index (χ0v) is 10.5. The van der Waals surface area contributed by atoms with E-state index in [-0.39, 0.29) is 5.91 Å². The van der Waals surface area contributed by atoms with Gasteiger partial charge in [0.05, 0.1) is 11.7 Å². The Morgan fingerprint density at radius 2 is 2.41 bits per heavy atom. The molecule has 94 valence electrons. The Kier molecular flexibility index (Phi) is 3.47. The van der Waals surface area contributed by atoms with Crippen molar-refractivity contribution in [1.29, 1.82) is 0 Å². The number of carbonyl (C=O) groups is 1. The molecule has 5 nitrogen and oxygen atoms in total. The van der Waals surface area contributed by atoms with Gasteiger partial charge in [0, 0.05) is 25.4 Å². The highest BCUT2D eigenvalue weighted by Gasteiger charge is 2.36. The lowest BCUT2D eigenvalue weighted by atomic mass is 9.89. The van der Waals surface area contributed by atoms with Crippen LogP contribution in [-0.4, -0.2) is 40.1 Å². The van der Waals surface area contributed by atoms with Crippen molar-refractivity contribution in [3.63, 3.8) is 0 Å². The van der Waals surface area contributed by atoms with Crippen LogP contribution < -0.4 is 5.32 Å². The van der Waals surface area contributed by atoms with Crippen LogP contribution in [0.3, 0.4) is 0 Å². The summed E-state index contributed by atoms with van der Waals surface area (Å²) in [5.74, 6) is 0.165. The Morgan fingerprint density at radius 1 is 1.59 bits per heavy atom. The summed E-state index contributed by atoms with van der Waals surface area (Å²) in [4.78, 5) is 14.1. The molecular weight excluding hydrogens is 216 g/mol. The third kappa shape index (κ3) is 2.66. The quantitative estimate of drug-likeness (QED) is 0.819. The van der Waals surface area contributed by atoms with Gasteiger partial charge in [0.15, 0.2) is 0 Å². The highest BCUT2D eigenvalue weighted by Crippen LogP contribution is 2.21. The number of amides is 1. The fourth-order valence-corrected chi connectivity index (χ4v) is 2.37. The zero-order valence-electron chi connectivity index (χ0n) is 10.5. The summed E-state index contributed by atoms with van der Waals surface area (Å²) >= 11 is 0. The number of hydrogen-bond acceptors (Lipinski definition) is 3. The molecule has 1 aliphatic heterocycles. The molecule has 0 aliphatic carbocycles. The van der Waals surface area contributed by atoms with Gasteiger partial charge in [-0.2, -0.15) is 5.10 Å². The number of aromatic amines is 1.